The Morgan fingerprint density at radius 2 is 2.10 bits per heavy atom. The number of nitrogens with zero attached hydrogens (tertiary/aromatic N) is 1. The molecule has 108 valence electrons. The minimum atomic E-state index is -0.274. The van der Waals surface area contributed by atoms with Crippen molar-refractivity contribution in [1.82, 2.24) is 10.3 Å². The summed E-state index contributed by atoms with van der Waals surface area (Å²) in [5, 5.41) is 8.11. The highest BCUT2D eigenvalue weighted by atomic mass is 32.1. The molecule has 3 rings (SSSR count). The van der Waals surface area contributed by atoms with Gasteiger partial charge >= 0.3 is 0 Å². The summed E-state index contributed by atoms with van der Waals surface area (Å²) in [5.41, 5.74) is 2.81. The van der Waals surface area contributed by atoms with Gasteiger partial charge in [0.1, 0.15) is 5.69 Å². The smallest absolute Gasteiger partial charge is 0.243 e. The van der Waals surface area contributed by atoms with Crippen LogP contribution in [-0.4, -0.2) is 22.7 Å². The normalized spacial score (nSPS) is 17.1. The van der Waals surface area contributed by atoms with Gasteiger partial charge in [-0.15, -0.1) is 11.3 Å². The molecule has 1 aromatic carbocycles. The number of aromatic nitrogens is 1. The fourth-order valence-electron chi connectivity index (χ4n) is 2.33. The van der Waals surface area contributed by atoms with E-state index in [1.165, 1.54) is 29.4 Å². The predicted molar refractivity (Wildman–Crippen MR) is 81.5 cm³/mol. The molecule has 21 heavy (non-hydrogen) atoms. The van der Waals surface area contributed by atoms with Crippen molar-refractivity contribution in [1.29, 1.82) is 0 Å². The van der Waals surface area contributed by atoms with Gasteiger partial charge in [-0.25, -0.2) is 4.98 Å². The molecule has 5 nitrogen and oxygen atoms in total. The highest BCUT2D eigenvalue weighted by molar-refractivity contribution is 7.14. The number of benzene rings is 1. The second-order valence-corrected chi connectivity index (χ2v) is 5.85. The Balaban J connectivity index is 1.67. The van der Waals surface area contributed by atoms with E-state index in [1.807, 2.05) is 18.2 Å². The van der Waals surface area contributed by atoms with Crippen molar-refractivity contribution in [3.8, 4) is 0 Å². The van der Waals surface area contributed by atoms with Gasteiger partial charge in [0.25, 0.3) is 0 Å². The van der Waals surface area contributed by atoms with Crippen molar-refractivity contribution in [2.24, 2.45) is 0 Å². The van der Waals surface area contributed by atoms with Crippen LogP contribution in [0.15, 0.2) is 29.6 Å². The van der Waals surface area contributed by atoms with E-state index in [4.69, 9.17) is 0 Å². The lowest BCUT2D eigenvalue weighted by atomic mass is 9.95. The van der Waals surface area contributed by atoms with E-state index in [2.05, 4.69) is 21.7 Å². The second-order valence-electron chi connectivity index (χ2n) is 4.99. The summed E-state index contributed by atoms with van der Waals surface area (Å²) in [6.07, 6.45) is 0.660. The van der Waals surface area contributed by atoms with Gasteiger partial charge in [-0.1, -0.05) is 24.3 Å². The van der Waals surface area contributed by atoms with Gasteiger partial charge in [-0.2, -0.15) is 0 Å². The van der Waals surface area contributed by atoms with Crippen LogP contribution in [0.25, 0.3) is 0 Å². The van der Waals surface area contributed by atoms with Crippen molar-refractivity contribution in [2.45, 2.75) is 25.9 Å². The van der Waals surface area contributed by atoms with E-state index < -0.39 is 0 Å². The number of rotatable bonds is 3. The summed E-state index contributed by atoms with van der Waals surface area (Å²) < 4.78 is 0. The van der Waals surface area contributed by atoms with Crippen molar-refractivity contribution in [3.63, 3.8) is 0 Å². The van der Waals surface area contributed by atoms with E-state index in [0.29, 0.717) is 23.8 Å². The number of nitrogens with one attached hydrogen (secondary N) is 2. The number of anilines is 1. The zero-order valence-electron chi connectivity index (χ0n) is 11.6. The number of thiazole rings is 1. The maximum absolute atomic E-state index is 12.3. The highest BCUT2D eigenvalue weighted by Crippen LogP contribution is 2.19. The monoisotopic (exact) mass is 301 g/mol. The molecule has 0 aliphatic carbocycles. The fourth-order valence-corrected chi connectivity index (χ4v) is 3.08. The average molecular weight is 301 g/mol. The third-order valence-electron chi connectivity index (χ3n) is 3.49. The van der Waals surface area contributed by atoms with Crippen LogP contribution in [0.2, 0.25) is 0 Å². The molecule has 1 aliphatic heterocycles. The summed E-state index contributed by atoms with van der Waals surface area (Å²) in [4.78, 5) is 27.6. The molecule has 0 fully saturated rings. The maximum Gasteiger partial charge on any atom is 0.243 e. The van der Waals surface area contributed by atoms with Gasteiger partial charge in [0.15, 0.2) is 10.9 Å². The summed E-state index contributed by atoms with van der Waals surface area (Å²) in [7, 11) is 0. The van der Waals surface area contributed by atoms with E-state index in [9.17, 15) is 9.59 Å². The lowest BCUT2D eigenvalue weighted by Gasteiger charge is -2.24. The van der Waals surface area contributed by atoms with E-state index in [1.54, 1.807) is 5.38 Å². The molecule has 2 aromatic rings. The van der Waals surface area contributed by atoms with E-state index >= 15 is 0 Å². The largest absolute Gasteiger partial charge is 0.301 e. The standard InChI is InChI=1S/C15H15N3O2S/c1-9(19)13-8-21-15(17-13)18-14(20)12-6-10-4-2-3-5-11(10)7-16-12/h2-5,8,12,16H,6-7H2,1H3,(H,17,18,20). The van der Waals surface area contributed by atoms with Crippen LogP contribution >= 0.6 is 11.3 Å². The molecule has 2 heterocycles. The van der Waals surface area contributed by atoms with E-state index in [0.717, 1.165) is 0 Å². The Morgan fingerprint density at radius 3 is 2.81 bits per heavy atom. The molecule has 2 N–H and O–H groups in total. The minimum Gasteiger partial charge on any atom is -0.301 e. The molecule has 1 atom stereocenters. The SMILES string of the molecule is CC(=O)c1csc(NC(=O)C2Cc3ccccc3CN2)n1. The highest BCUT2D eigenvalue weighted by Gasteiger charge is 2.24. The van der Waals surface area contributed by atoms with Crippen LogP contribution < -0.4 is 10.6 Å². The van der Waals surface area contributed by atoms with Crippen molar-refractivity contribution >= 4 is 28.2 Å². The third kappa shape index (κ3) is 3.01. The molecular weight excluding hydrogens is 286 g/mol. The quantitative estimate of drug-likeness (QED) is 0.851. The molecule has 0 saturated carbocycles. The van der Waals surface area contributed by atoms with Gasteiger partial charge in [0.2, 0.25) is 5.91 Å². The Hall–Kier alpha value is -2.05. The molecule has 0 spiro atoms. The van der Waals surface area contributed by atoms with Crippen LogP contribution in [0.4, 0.5) is 5.13 Å². The number of hydrogen-bond acceptors (Lipinski definition) is 5. The van der Waals surface area contributed by atoms with Gasteiger partial charge < -0.3 is 10.6 Å². The molecule has 1 amide bonds. The van der Waals surface area contributed by atoms with Crippen LogP contribution in [0.1, 0.15) is 28.5 Å². The number of Topliss-reactive ketones (excluding diaryl/α,β-unsaturated/α-hetero) is 1. The molecule has 1 aromatic heterocycles. The Labute approximate surface area is 126 Å². The minimum absolute atomic E-state index is 0.100. The first-order valence-electron chi connectivity index (χ1n) is 6.71. The Kier molecular flexibility index (Phi) is 3.81. The van der Waals surface area contributed by atoms with Crippen LogP contribution in [0.3, 0.4) is 0 Å². The number of fused-ring (bicyclic) bond motifs is 1. The molecule has 6 heteroatoms. The maximum atomic E-state index is 12.3. The Bertz CT molecular complexity index is 696. The van der Waals surface area contributed by atoms with Crippen molar-refractivity contribution in [3.05, 3.63) is 46.5 Å². The second kappa shape index (κ2) is 5.75. The first-order chi connectivity index (χ1) is 10.1. The van der Waals surface area contributed by atoms with E-state index in [-0.39, 0.29) is 17.7 Å². The first kappa shape index (κ1) is 13.9. The fraction of sp³-hybridized carbons (Fsp3) is 0.267. The molecule has 0 radical (unpaired) electrons. The summed E-state index contributed by atoms with van der Waals surface area (Å²) in [6.45, 7) is 2.14. The zero-order valence-corrected chi connectivity index (χ0v) is 12.4. The molecule has 1 aliphatic rings. The number of hydrogen-bond donors (Lipinski definition) is 2. The number of amides is 1. The van der Waals surface area contributed by atoms with Crippen molar-refractivity contribution < 1.29 is 9.59 Å². The van der Waals surface area contributed by atoms with Gasteiger partial charge in [0, 0.05) is 18.8 Å². The van der Waals surface area contributed by atoms with Gasteiger partial charge in [-0.05, 0) is 17.5 Å². The van der Waals surface area contributed by atoms with Crippen LogP contribution in [0.5, 0.6) is 0 Å². The molecular formula is C15H15N3O2S. The zero-order chi connectivity index (χ0) is 14.8. The summed E-state index contributed by atoms with van der Waals surface area (Å²) >= 11 is 1.26. The lowest BCUT2D eigenvalue weighted by molar-refractivity contribution is -0.118. The lowest BCUT2D eigenvalue weighted by Crippen LogP contribution is -2.44. The summed E-state index contributed by atoms with van der Waals surface area (Å²) in [6, 6.07) is 7.83. The summed E-state index contributed by atoms with van der Waals surface area (Å²) in [5.74, 6) is -0.217. The third-order valence-corrected chi connectivity index (χ3v) is 4.25. The number of ketones is 1. The predicted octanol–water partition coefficient (Wildman–Crippen LogP) is 2.00. The van der Waals surface area contributed by atoms with Crippen molar-refractivity contribution in [2.75, 3.05) is 5.32 Å². The molecule has 0 bridgehead atoms. The molecule has 1 unspecified atom stereocenters. The van der Waals surface area contributed by atoms with Crippen LogP contribution in [0, 0.1) is 0 Å². The molecule has 0 saturated heterocycles. The van der Waals surface area contributed by atoms with Crippen LogP contribution in [-0.2, 0) is 17.8 Å². The average Bonchev–Trinajstić information content (AvgIpc) is 2.95. The first-order valence-corrected chi connectivity index (χ1v) is 7.59. The van der Waals surface area contributed by atoms with Gasteiger partial charge in [0.05, 0.1) is 6.04 Å². The number of carbonyl (C=O) groups is 2. The Morgan fingerprint density at radius 1 is 1.33 bits per heavy atom. The number of carbonyl (C=O) groups excluding carboxylic acids is 2. The van der Waals surface area contributed by atoms with Gasteiger partial charge in [-0.3, -0.25) is 9.59 Å². The topological polar surface area (TPSA) is 71.1 Å².